The molecule has 0 saturated carbocycles. The monoisotopic (exact) mass is 227 g/mol. The molecule has 0 bridgehead atoms. The molecule has 0 atom stereocenters. The minimum Gasteiger partial charge on any atom is -0.399 e. The van der Waals surface area contributed by atoms with Crippen LogP contribution in [-0.2, 0) is 0 Å². The highest BCUT2D eigenvalue weighted by Crippen LogP contribution is 2.13. The van der Waals surface area contributed by atoms with Crippen molar-refractivity contribution in [1.82, 2.24) is 0 Å². The van der Waals surface area contributed by atoms with Crippen molar-refractivity contribution in [2.75, 3.05) is 5.73 Å². The van der Waals surface area contributed by atoms with Gasteiger partial charge in [-0.3, -0.25) is 0 Å². The van der Waals surface area contributed by atoms with Gasteiger partial charge in [-0.05, 0) is 0 Å². The van der Waals surface area contributed by atoms with Gasteiger partial charge in [-0.15, -0.1) is 17.0 Å². The highest BCUT2D eigenvalue weighted by atomic mass is 79.9. The minimum atomic E-state index is -1.49. The van der Waals surface area contributed by atoms with Crippen LogP contribution in [0.15, 0.2) is 12.1 Å². The van der Waals surface area contributed by atoms with Crippen LogP contribution < -0.4 is 5.73 Å². The second-order valence-electron chi connectivity index (χ2n) is 1.80. The first-order valence-corrected chi connectivity index (χ1v) is 2.51. The van der Waals surface area contributed by atoms with Crippen LogP contribution in [-0.4, -0.2) is 0 Å². The van der Waals surface area contributed by atoms with E-state index in [0.29, 0.717) is 0 Å². The van der Waals surface area contributed by atoms with Crippen LogP contribution in [0.2, 0.25) is 0 Å². The summed E-state index contributed by atoms with van der Waals surface area (Å²) in [4.78, 5) is 0. The molecule has 62 valence electrons. The van der Waals surface area contributed by atoms with Gasteiger partial charge in [0.05, 0.1) is 0 Å². The maximum atomic E-state index is 12.1. The fourth-order valence-electron chi connectivity index (χ4n) is 0.575. The first-order valence-electron chi connectivity index (χ1n) is 2.51. The Kier molecular flexibility index (Phi) is 3.38. The molecule has 11 heavy (non-hydrogen) atoms. The third-order valence-electron chi connectivity index (χ3n) is 1.01. The van der Waals surface area contributed by atoms with Crippen LogP contribution in [0.5, 0.6) is 0 Å². The van der Waals surface area contributed by atoms with Crippen LogP contribution in [0.1, 0.15) is 0 Å². The van der Waals surface area contributed by atoms with Crippen molar-refractivity contribution in [2.45, 2.75) is 0 Å². The van der Waals surface area contributed by atoms with Crippen LogP contribution >= 0.6 is 17.0 Å². The molecule has 1 rings (SSSR count). The maximum absolute atomic E-state index is 12.1. The molecule has 0 aliphatic rings. The zero-order valence-electron chi connectivity index (χ0n) is 5.27. The van der Waals surface area contributed by atoms with Crippen LogP contribution in [0.3, 0.4) is 0 Å². The van der Waals surface area contributed by atoms with Crippen LogP contribution in [0.25, 0.3) is 0 Å². The molecule has 1 aromatic rings. The largest absolute Gasteiger partial charge is 0.399 e. The average molecular weight is 228 g/mol. The Bertz CT molecular complexity index is 241. The molecule has 1 aromatic carbocycles. The van der Waals surface area contributed by atoms with E-state index in [1.165, 1.54) is 0 Å². The van der Waals surface area contributed by atoms with E-state index >= 15 is 0 Å². The molecule has 0 fully saturated rings. The molecule has 0 heterocycles. The van der Waals surface area contributed by atoms with E-state index in [4.69, 9.17) is 5.73 Å². The van der Waals surface area contributed by atoms with Gasteiger partial charge in [-0.1, -0.05) is 0 Å². The van der Waals surface area contributed by atoms with Crippen molar-refractivity contribution in [2.24, 2.45) is 0 Å². The van der Waals surface area contributed by atoms with Crippen LogP contribution in [0.4, 0.5) is 18.9 Å². The summed E-state index contributed by atoms with van der Waals surface area (Å²) in [5, 5.41) is 0. The van der Waals surface area contributed by atoms with E-state index in [1.807, 2.05) is 0 Å². The SMILES string of the molecule is Br.Nc1cc(F)c(F)c(F)c1. The molecule has 0 aliphatic heterocycles. The number of nitrogens with two attached hydrogens (primary N) is 1. The van der Waals surface area contributed by atoms with Gasteiger partial charge >= 0.3 is 0 Å². The van der Waals surface area contributed by atoms with Gasteiger partial charge in [-0.25, -0.2) is 13.2 Å². The van der Waals surface area contributed by atoms with Gasteiger partial charge in [0.2, 0.25) is 0 Å². The van der Waals surface area contributed by atoms with Gasteiger partial charge in [0.15, 0.2) is 17.5 Å². The number of anilines is 1. The van der Waals surface area contributed by atoms with Gasteiger partial charge < -0.3 is 5.73 Å². The molecule has 0 aliphatic carbocycles. The number of halogens is 4. The van der Waals surface area contributed by atoms with Gasteiger partial charge in [0.1, 0.15) is 0 Å². The Labute approximate surface area is 71.8 Å². The first-order chi connectivity index (χ1) is 4.61. The second-order valence-corrected chi connectivity index (χ2v) is 1.80. The zero-order valence-corrected chi connectivity index (χ0v) is 6.99. The zero-order chi connectivity index (χ0) is 7.72. The fraction of sp³-hybridized carbons (Fsp3) is 0. The Morgan fingerprint density at radius 2 is 1.36 bits per heavy atom. The van der Waals surface area contributed by atoms with Crippen molar-refractivity contribution < 1.29 is 13.2 Å². The molecule has 0 aromatic heterocycles. The lowest BCUT2D eigenvalue weighted by atomic mass is 10.3. The molecule has 0 spiro atoms. The standard InChI is InChI=1S/C6H4F3N.BrH/c7-4-1-3(10)2-5(8)6(4)9;/h1-2H,10H2;1H. The van der Waals surface area contributed by atoms with E-state index in [9.17, 15) is 13.2 Å². The van der Waals surface area contributed by atoms with Crippen molar-refractivity contribution in [3.05, 3.63) is 29.6 Å². The molecule has 0 saturated heterocycles. The summed E-state index contributed by atoms with van der Waals surface area (Å²) in [7, 11) is 0. The summed E-state index contributed by atoms with van der Waals surface area (Å²) >= 11 is 0. The maximum Gasteiger partial charge on any atom is 0.194 e. The average Bonchev–Trinajstić information content (AvgIpc) is 1.82. The predicted molar refractivity (Wildman–Crippen MR) is 41.1 cm³/mol. The molecule has 0 unspecified atom stereocenters. The molecular formula is C6H5BrF3N. The van der Waals surface area contributed by atoms with Gasteiger partial charge in [0, 0.05) is 17.8 Å². The first kappa shape index (κ1) is 10.3. The number of hydrogen-bond donors (Lipinski definition) is 1. The number of hydrogen-bond acceptors (Lipinski definition) is 1. The number of rotatable bonds is 0. The molecule has 5 heteroatoms. The van der Waals surface area contributed by atoms with Crippen molar-refractivity contribution in [3.63, 3.8) is 0 Å². The molecule has 1 nitrogen and oxygen atoms in total. The highest BCUT2D eigenvalue weighted by Gasteiger charge is 2.07. The normalized spacial score (nSPS) is 9.00. The molecule has 2 N–H and O–H groups in total. The summed E-state index contributed by atoms with van der Waals surface area (Å²) < 4.78 is 36.4. The van der Waals surface area contributed by atoms with Gasteiger partial charge in [0.25, 0.3) is 0 Å². The van der Waals surface area contributed by atoms with E-state index < -0.39 is 17.5 Å². The topological polar surface area (TPSA) is 26.0 Å². The van der Waals surface area contributed by atoms with Crippen LogP contribution in [0, 0.1) is 17.5 Å². The third kappa shape index (κ3) is 2.11. The number of benzene rings is 1. The predicted octanol–water partition coefficient (Wildman–Crippen LogP) is 2.26. The molecule has 0 radical (unpaired) electrons. The summed E-state index contributed by atoms with van der Waals surface area (Å²) in [6.45, 7) is 0. The Hall–Kier alpha value is -0.710. The molecule has 0 amide bonds. The highest BCUT2D eigenvalue weighted by molar-refractivity contribution is 8.93. The Morgan fingerprint density at radius 3 is 1.73 bits per heavy atom. The number of nitrogen functional groups attached to an aromatic ring is 1. The van der Waals surface area contributed by atoms with E-state index in [1.54, 1.807) is 0 Å². The Morgan fingerprint density at radius 1 is 1.00 bits per heavy atom. The molecular weight excluding hydrogens is 223 g/mol. The summed E-state index contributed by atoms with van der Waals surface area (Å²) in [6, 6.07) is 1.44. The lowest BCUT2D eigenvalue weighted by Gasteiger charge is -1.95. The fourth-order valence-corrected chi connectivity index (χ4v) is 0.575. The lowest BCUT2D eigenvalue weighted by molar-refractivity contribution is 0.448. The van der Waals surface area contributed by atoms with Crippen molar-refractivity contribution in [1.29, 1.82) is 0 Å². The minimum absolute atomic E-state index is 0. The third-order valence-corrected chi connectivity index (χ3v) is 1.01. The quantitative estimate of drug-likeness (QED) is 0.534. The lowest BCUT2D eigenvalue weighted by Crippen LogP contribution is -1.93. The second kappa shape index (κ2) is 3.61. The van der Waals surface area contributed by atoms with E-state index in [-0.39, 0.29) is 22.7 Å². The van der Waals surface area contributed by atoms with E-state index in [2.05, 4.69) is 0 Å². The van der Waals surface area contributed by atoms with Crippen molar-refractivity contribution >= 4 is 22.7 Å². The summed E-state index contributed by atoms with van der Waals surface area (Å²) in [5.41, 5.74) is 4.85. The summed E-state index contributed by atoms with van der Waals surface area (Å²) in [6.07, 6.45) is 0. The Balaban J connectivity index is 0.000001000. The van der Waals surface area contributed by atoms with Gasteiger partial charge in [-0.2, -0.15) is 0 Å². The smallest absolute Gasteiger partial charge is 0.194 e. The summed E-state index contributed by atoms with van der Waals surface area (Å²) in [5.74, 6) is -4.02. The van der Waals surface area contributed by atoms with Crippen molar-refractivity contribution in [3.8, 4) is 0 Å². The van der Waals surface area contributed by atoms with E-state index in [0.717, 1.165) is 12.1 Å².